The van der Waals surface area contributed by atoms with Crippen LogP contribution in [-0.4, -0.2) is 17.2 Å². The van der Waals surface area contributed by atoms with E-state index in [2.05, 4.69) is 0 Å². The van der Waals surface area contributed by atoms with Gasteiger partial charge in [-0.2, -0.15) is 0 Å². The fraction of sp³-hybridized carbons (Fsp3) is 0.167. The Morgan fingerprint density at radius 1 is 1.05 bits per heavy atom. The molecule has 0 fully saturated rings. The third kappa shape index (κ3) is 2.87. The van der Waals surface area contributed by atoms with Crippen molar-refractivity contribution in [2.24, 2.45) is 5.73 Å². The molecule has 1 aromatic heterocycles. The summed E-state index contributed by atoms with van der Waals surface area (Å²) in [5.41, 5.74) is 8.53. The van der Waals surface area contributed by atoms with Crippen molar-refractivity contribution >= 4 is 17.0 Å². The topological polar surface area (TPSA) is 57.2 Å². The second-order valence-corrected chi connectivity index (χ2v) is 5.12. The Morgan fingerprint density at radius 2 is 1.77 bits per heavy atom. The minimum atomic E-state index is -0.372. The van der Waals surface area contributed by atoms with Gasteiger partial charge in [-0.05, 0) is 30.2 Å². The average molecular weight is 294 g/mol. The average Bonchev–Trinajstić information content (AvgIpc) is 2.93. The van der Waals surface area contributed by atoms with E-state index in [0.717, 1.165) is 28.5 Å². The summed E-state index contributed by atoms with van der Waals surface area (Å²) >= 11 is 0. The first-order valence-electron chi connectivity index (χ1n) is 7.29. The molecule has 0 saturated carbocycles. The number of rotatable bonds is 4. The Bertz CT molecular complexity index is 778. The Labute approximate surface area is 129 Å². The van der Waals surface area contributed by atoms with Gasteiger partial charge < -0.3 is 10.5 Å². The van der Waals surface area contributed by atoms with Crippen LogP contribution in [0.15, 0.2) is 60.8 Å². The van der Waals surface area contributed by atoms with Crippen molar-refractivity contribution in [3.05, 3.63) is 71.9 Å². The lowest BCUT2D eigenvalue weighted by atomic mass is 10.1. The van der Waals surface area contributed by atoms with E-state index >= 15 is 0 Å². The number of aromatic nitrogens is 1. The molecule has 2 aromatic carbocycles. The van der Waals surface area contributed by atoms with E-state index in [9.17, 15) is 4.79 Å². The van der Waals surface area contributed by atoms with Crippen LogP contribution in [0.4, 0.5) is 4.79 Å². The van der Waals surface area contributed by atoms with E-state index < -0.39 is 0 Å². The number of ether oxygens (including phenoxy) is 1. The SMILES string of the molecule is NCCc1cn(C(=O)OCc2ccccc2)c2ccccc12. The fourth-order valence-corrected chi connectivity index (χ4v) is 2.54. The molecule has 4 heteroatoms. The van der Waals surface area contributed by atoms with Crippen LogP contribution in [0.3, 0.4) is 0 Å². The number of benzene rings is 2. The Balaban J connectivity index is 1.84. The van der Waals surface area contributed by atoms with Gasteiger partial charge >= 0.3 is 6.09 Å². The standard InChI is InChI=1S/C18H18N2O2/c19-11-10-15-12-20(17-9-5-4-8-16(15)17)18(21)22-13-14-6-2-1-3-7-14/h1-9,12H,10-11,13,19H2. The smallest absolute Gasteiger partial charge is 0.418 e. The van der Waals surface area contributed by atoms with E-state index in [1.165, 1.54) is 0 Å². The van der Waals surface area contributed by atoms with Gasteiger partial charge in [0.25, 0.3) is 0 Å². The molecule has 0 radical (unpaired) electrons. The highest BCUT2D eigenvalue weighted by Gasteiger charge is 2.14. The molecule has 2 N–H and O–H groups in total. The van der Waals surface area contributed by atoms with Crippen LogP contribution in [0, 0.1) is 0 Å². The number of nitrogens with two attached hydrogens (primary N) is 1. The quantitative estimate of drug-likeness (QED) is 0.803. The van der Waals surface area contributed by atoms with Gasteiger partial charge in [0.05, 0.1) is 5.52 Å². The van der Waals surface area contributed by atoms with Crippen molar-refractivity contribution in [3.8, 4) is 0 Å². The summed E-state index contributed by atoms with van der Waals surface area (Å²) in [7, 11) is 0. The molecule has 0 aliphatic carbocycles. The monoisotopic (exact) mass is 294 g/mol. The molecule has 0 atom stereocenters. The molecule has 0 amide bonds. The van der Waals surface area contributed by atoms with E-state index in [1.54, 1.807) is 4.57 Å². The first-order valence-corrected chi connectivity index (χ1v) is 7.29. The van der Waals surface area contributed by atoms with E-state index in [1.807, 2.05) is 60.8 Å². The van der Waals surface area contributed by atoms with E-state index in [-0.39, 0.29) is 12.7 Å². The van der Waals surface area contributed by atoms with Crippen molar-refractivity contribution < 1.29 is 9.53 Å². The number of para-hydroxylation sites is 1. The first-order chi connectivity index (χ1) is 10.8. The highest BCUT2D eigenvalue weighted by atomic mass is 16.5. The molecule has 1 heterocycles. The zero-order chi connectivity index (χ0) is 15.4. The number of hydrogen-bond acceptors (Lipinski definition) is 3. The van der Waals surface area contributed by atoms with E-state index in [0.29, 0.717) is 6.54 Å². The molecule has 3 rings (SSSR count). The predicted octanol–water partition coefficient (Wildman–Crippen LogP) is 3.33. The summed E-state index contributed by atoms with van der Waals surface area (Å²) in [4.78, 5) is 12.4. The van der Waals surface area contributed by atoms with Crippen LogP contribution < -0.4 is 5.73 Å². The minimum absolute atomic E-state index is 0.262. The fourth-order valence-electron chi connectivity index (χ4n) is 2.54. The third-order valence-electron chi connectivity index (χ3n) is 3.61. The summed E-state index contributed by atoms with van der Waals surface area (Å²) < 4.78 is 6.97. The van der Waals surface area contributed by atoms with Crippen LogP contribution in [-0.2, 0) is 17.8 Å². The molecule has 0 saturated heterocycles. The lowest BCUT2D eigenvalue weighted by molar-refractivity contribution is 0.142. The van der Waals surface area contributed by atoms with Crippen LogP contribution in [0.2, 0.25) is 0 Å². The number of carbonyl (C=O) groups is 1. The summed E-state index contributed by atoms with van der Waals surface area (Å²) in [6.07, 6.45) is 2.19. The van der Waals surface area contributed by atoms with Crippen LogP contribution in [0.5, 0.6) is 0 Å². The van der Waals surface area contributed by atoms with Gasteiger partial charge in [-0.15, -0.1) is 0 Å². The Hall–Kier alpha value is -2.59. The zero-order valence-electron chi connectivity index (χ0n) is 12.2. The van der Waals surface area contributed by atoms with Crippen molar-refractivity contribution in [2.75, 3.05) is 6.54 Å². The minimum Gasteiger partial charge on any atom is -0.444 e. The maximum Gasteiger partial charge on any atom is 0.418 e. The van der Waals surface area contributed by atoms with Crippen molar-refractivity contribution in [1.82, 2.24) is 4.57 Å². The molecule has 0 spiro atoms. The van der Waals surface area contributed by atoms with Crippen molar-refractivity contribution in [3.63, 3.8) is 0 Å². The molecule has 0 unspecified atom stereocenters. The summed E-state index contributed by atoms with van der Waals surface area (Å²) in [6.45, 7) is 0.811. The second-order valence-electron chi connectivity index (χ2n) is 5.12. The number of nitrogens with zero attached hydrogens (tertiary/aromatic N) is 1. The lowest BCUT2D eigenvalue weighted by Crippen LogP contribution is -2.12. The van der Waals surface area contributed by atoms with Gasteiger partial charge in [0.1, 0.15) is 6.61 Å². The molecule has 0 aliphatic heterocycles. The largest absolute Gasteiger partial charge is 0.444 e. The Kier molecular flexibility index (Phi) is 4.21. The third-order valence-corrected chi connectivity index (χ3v) is 3.61. The van der Waals surface area contributed by atoms with Crippen LogP contribution in [0.1, 0.15) is 11.1 Å². The maximum atomic E-state index is 12.4. The molecular weight excluding hydrogens is 276 g/mol. The second kappa shape index (κ2) is 6.45. The van der Waals surface area contributed by atoms with Gasteiger partial charge in [0.2, 0.25) is 0 Å². The van der Waals surface area contributed by atoms with Crippen molar-refractivity contribution in [1.29, 1.82) is 0 Å². The summed E-state index contributed by atoms with van der Waals surface area (Å²) in [5.74, 6) is 0. The normalized spacial score (nSPS) is 10.8. The van der Waals surface area contributed by atoms with Gasteiger partial charge in [-0.1, -0.05) is 48.5 Å². The van der Waals surface area contributed by atoms with Crippen molar-refractivity contribution in [2.45, 2.75) is 13.0 Å². The maximum absolute atomic E-state index is 12.4. The van der Waals surface area contributed by atoms with E-state index in [4.69, 9.17) is 10.5 Å². The molecule has 112 valence electrons. The lowest BCUT2D eigenvalue weighted by Gasteiger charge is -2.06. The molecule has 0 aliphatic rings. The summed E-state index contributed by atoms with van der Waals surface area (Å²) in [5, 5.41) is 1.05. The molecular formula is C18H18N2O2. The predicted molar refractivity (Wildman–Crippen MR) is 86.7 cm³/mol. The highest BCUT2D eigenvalue weighted by molar-refractivity contribution is 5.91. The van der Waals surface area contributed by atoms with Gasteiger partial charge in [-0.3, -0.25) is 4.57 Å². The van der Waals surface area contributed by atoms with Gasteiger partial charge in [-0.25, -0.2) is 4.79 Å². The molecule has 3 aromatic rings. The summed E-state index contributed by atoms with van der Waals surface area (Å²) in [6, 6.07) is 17.4. The van der Waals surface area contributed by atoms with Crippen LogP contribution in [0.25, 0.3) is 10.9 Å². The first kappa shape index (κ1) is 14.4. The van der Waals surface area contributed by atoms with Gasteiger partial charge in [0.15, 0.2) is 0 Å². The number of hydrogen-bond donors (Lipinski definition) is 1. The van der Waals surface area contributed by atoms with Crippen LogP contribution >= 0.6 is 0 Å². The molecule has 4 nitrogen and oxygen atoms in total. The zero-order valence-corrected chi connectivity index (χ0v) is 12.2. The Morgan fingerprint density at radius 3 is 2.55 bits per heavy atom. The molecule has 0 bridgehead atoms. The highest BCUT2D eigenvalue weighted by Crippen LogP contribution is 2.22. The molecule has 22 heavy (non-hydrogen) atoms. The number of fused-ring (bicyclic) bond motifs is 1. The van der Waals surface area contributed by atoms with Gasteiger partial charge in [0, 0.05) is 11.6 Å². The number of carbonyl (C=O) groups excluding carboxylic acids is 1.